The van der Waals surface area contributed by atoms with Crippen LogP contribution in [0.3, 0.4) is 0 Å². The third-order valence-electron chi connectivity index (χ3n) is 4.13. The van der Waals surface area contributed by atoms with E-state index in [1.807, 2.05) is 0 Å². The predicted molar refractivity (Wildman–Crippen MR) is 90.5 cm³/mol. The van der Waals surface area contributed by atoms with Crippen LogP contribution in [-0.2, 0) is 4.79 Å². The van der Waals surface area contributed by atoms with Gasteiger partial charge in [-0.1, -0.05) is 15.9 Å². The molecular formula is C14H16Br2NO4S+. The third kappa shape index (κ3) is 3.20. The van der Waals surface area contributed by atoms with Gasteiger partial charge in [-0.25, -0.2) is 4.79 Å². The molecular weight excluding hydrogens is 438 g/mol. The molecule has 8 heteroatoms. The van der Waals surface area contributed by atoms with E-state index in [0.29, 0.717) is 24.3 Å². The number of quaternary nitrogens is 1. The molecule has 1 N–H and O–H groups in total. The average molecular weight is 454 g/mol. The van der Waals surface area contributed by atoms with Crippen molar-refractivity contribution in [3.8, 4) is 0 Å². The fourth-order valence-corrected chi connectivity index (χ4v) is 4.90. The van der Waals surface area contributed by atoms with Crippen LogP contribution < -0.4 is 0 Å². The highest BCUT2D eigenvalue weighted by Crippen LogP contribution is 2.31. The number of rotatable bonds is 4. The quantitative estimate of drug-likeness (QED) is 0.424. The molecule has 0 spiro atoms. The number of ketones is 1. The Kier molecular flexibility index (Phi) is 5.58. The maximum Gasteiger partial charge on any atom is 0.521 e. The molecule has 0 saturated carbocycles. The number of amides is 2. The summed E-state index contributed by atoms with van der Waals surface area (Å²) in [5.41, 5.74) is 0. The van der Waals surface area contributed by atoms with Gasteiger partial charge >= 0.3 is 12.0 Å². The molecule has 1 aromatic rings. The van der Waals surface area contributed by atoms with Gasteiger partial charge in [0, 0.05) is 12.8 Å². The first-order valence-electron chi connectivity index (χ1n) is 6.87. The van der Waals surface area contributed by atoms with Crippen LogP contribution in [0.4, 0.5) is 4.79 Å². The molecule has 1 aliphatic rings. The molecule has 2 unspecified atom stereocenters. The van der Waals surface area contributed by atoms with E-state index in [1.165, 1.54) is 11.3 Å². The van der Waals surface area contributed by atoms with Crippen molar-refractivity contribution in [2.45, 2.75) is 37.1 Å². The summed E-state index contributed by atoms with van der Waals surface area (Å²) in [6.07, 6.45) is 0.167. The summed E-state index contributed by atoms with van der Waals surface area (Å²) in [5, 5.41) is 9.52. The minimum Gasteiger partial charge on any atom is -0.435 e. The Bertz CT molecular complexity index is 618. The lowest BCUT2D eigenvalue weighted by Gasteiger charge is -2.30. The zero-order valence-corrected chi connectivity index (χ0v) is 15.9. The Morgan fingerprint density at radius 3 is 2.59 bits per heavy atom. The normalized spacial score (nSPS) is 25.9. The highest BCUT2D eigenvalue weighted by molar-refractivity contribution is 9.11. The van der Waals surface area contributed by atoms with Crippen LogP contribution in [0, 0.1) is 0 Å². The van der Waals surface area contributed by atoms with Gasteiger partial charge in [-0.2, -0.15) is 9.28 Å². The Labute approximate surface area is 149 Å². The van der Waals surface area contributed by atoms with E-state index in [4.69, 9.17) is 0 Å². The van der Waals surface area contributed by atoms with Gasteiger partial charge in [-0.05, 0) is 35.0 Å². The second-order valence-corrected chi connectivity index (χ2v) is 8.97. The molecule has 0 aliphatic carbocycles. The molecule has 2 amide bonds. The van der Waals surface area contributed by atoms with Gasteiger partial charge in [0.05, 0.1) is 26.5 Å². The van der Waals surface area contributed by atoms with Crippen molar-refractivity contribution in [3.63, 3.8) is 0 Å². The van der Waals surface area contributed by atoms with Crippen molar-refractivity contribution in [2.24, 2.45) is 0 Å². The monoisotopic (exact) mass is 452 g/mol. The summed E-state index contributed by atoms with van der Waals surface area (Å²) in [7, 11) is 0. The summed E-state index contributed by atoms with van der Waals surface area (Å²) >= 11 is 7.84. The number of carboxylic acid groups (broad SMARTS) is 1. The maximum absolute atomic E-state index is 12.6. The van der Waals surface area contributed by atoms with Gasteiger partial charge in [-0.15, -0.1) is 11.3 Å². The minimum atomic E-state index is -1.12. The predicted octanol–water partition coefficient (Wildman–Crippen LogP) is 4.05. The molecule has 2 heterocycles. The van der Waals surface area contributed by atoms with E-state index in [1.54, 1.807) is 19.1 Å². The second kappa shape index (κ2) is 6.90. The van der Waals surface area contributed by atoms with E-state index in [-0.39, 0.29) is 18.2 Å². The number of imide groups is 1. The van der Waals surface area contributed by atoms with Gasteiger partial charge in [0.15, 0.2) is 5.78 Å². The SMILES string of the molecule is C[C@@H]1CCC[N+]1(C(=O)O)C(=O)CC(Br)C(=O)c1ccc(Br)s1. The first-order chi connectivity index (χ1) is 10.3. The van der Waals surface area contributed by atoms with Crippen molar-refractivity contribution in [2.75, 3.05) is 6.54 Å². The van der Waals surface area contributed by atoms with Crippen LogP contribution >= 0.6 is 43.2 Å². The standard InChI is InChI=1S/C14H15Br2NO4S/c1-8-3-2-6-17(8,14(20)21)12(18)7-9(15)13(19)10-4-5-11(16)22-10/h4-5,8-9H,2-3,6-7H2,1H3/p+1/t8-,9?,17?/m1/s1. The molecule has 0 aromatic carbocycles. The van der Waals surface area contributed by atoms with Crippen LogP contribution in [0.25, 0.3) is 0 Å². The fourth-order valence-electron chi connectivity index (χ4n) is 2.85. The van der Waals surface area contributed by atoms with Crippen molar-refractivity contribution in [1.82, 2.24) is 0 Å². The van der Waals surface area contributed by atoms with Gasteiger partial charge in [0.1, 0.15) is 6.04 Å². The first kappa shape index (κ1) is 17.8. The Hall–Kier alpha value is -0.570. The topological polar surface area (TPSA) is 71.4 Å². The number of hydrogen-bond acceptors (Lipinski definition) is 4. The molecule has 0 bridgehead atoms. The zero-order chi connectivity index (χ0) is 16.5. The summed E-state index contributed by atoms with van der Waals surface area (Å²) in [5.74, 6) is -0.609. The lowest BCUT2D eigenvalue weighted by molar-refractivity contribution is -0.792. The van der Waals surface area contributed by atoms with Crippen LogP contribution in [0.2, 0.25) is 0 Å². The number of Topliss-reactive ketones (excluding diaryl/α,β-unsaturated/α-hetero) is 1. The highest BCUT2D eigenvalue weighted by atomic mass is 79.9. The Morgan fingerprint density at radius 2 is 2.14 bits per heavy atom. The van der Waals surface area contributed by atoms with Crippen LogP contribution in [-0.4, -0.2) is 44.8 Å². The van der Waals surface area contributed by atoms with Crippen molar-refractivity contribution in [3.05, 3.63) is 20.8 Å². The van der Waals surface area contributed by atoms with Crippen molar-refractivity contribution < 1.29 is 24.0 Å². The minimum absolute atomic E-state index is 0.120. The van der Waals surface area contributed by atoms with Crippen molar-refractivity contribution >= 4 is 61.0 Å². The van der Waals surface area contributed by atoms with E-state index in [9.17, 15) is 19.5 Å². The van der Waals surface area contributed by atoms with Gasteiger partial charge in [0.2, 0.25) is 0 Å². The number of carbonyl (C=O) groups excluding carboxylic acids is 2. The van der Waals surface area contributed by atoms with Gasteiger partial charge < -0.3 is 5.11 Å². The molecule has 1 saturated heterocycles. The largest absolute Gasteiger partial charge is 0.521 e. The summed E-state index contributed by atoms with van der Waals surface area (Å²) < 4.78 is 0.271. The molecule has 2 rings (SSSR count). The number of alkyl halides is 1. The second-order valence-electron chi connectivity index (χ2n) is 5.40. The number of carbonyl (C=O) groups is 3. The van der Waals surface area contributed by atoms with E-state index in [2.05, 4.69) is 31.9 Å². The van der Waals surface area contributed by atoms with Crippen molar-refractivity contribution in [1.29, 1.82) is 0 Å². The van der Waals surface area contributed by atoms with Gasteiger partial charge in [0.25, 0.3) is 0 Å². The summed E-state index contributed by atoms with van der Waals surface area (Å²) in [6, 6.07) is 3.21. The maximum atomic E-state index is 12.6. The molecule has 1 fully saturated rings. The van der Waals surface area contributed by atoms with E-state index < -0.39 is 21.3 Å². The van der Waals surface area contributed by atoms with Crippen LogP contribution in [0.5, 0.6) is 0 Å². The molecule has 1 aliphatic heterocycles. The number of likely N-dealkylation sites (tertiary alicyclic amines) is 1. The number of hydrogen-bond donors (Lipinski definition) is 1. The lowest BCUT2D eigenvalue weighted by Crippen LogP contribution is -2.59. The number of nitrogens with zero attached hydrogens (tertiary/aromatic N) is 1. The summed E-state index contributed by atoms with van der Waals surface area (Å²) in [4.78, 5) is 36.4. The Morgan fingerprint density at radius 1 is 1.45 bits per heavy atom. The lowest BCUT2D eigenvalue weighted by atomic mass is 10.1. The Balaban J connectivity index is 2.13. The molecule has 0 radical (unpaired) electrons. The summed E-state index contributed by atoms with van der Waals surface area (Å²) in [6.45, 7) is 2.08. The molecule has 120 valence electrons. The average Bonchev–Trinajstić information content (AvgIpc) is 3.04. The highest BCUT2D eigenvalue weighted by Gasteiger charge is 2.53. The zero-order valence-electron chi connectivity index (χ0n) is 11.9. The third-order valence-corrected chi connectivity index (χ3v) is 6.50. The fraction of sp³-hybridized carbons (Fsp3) is 0.500. The van der Waals surface area contributed by atoms with Crippen LogP contribution in [0.1, 0.15) is 35.9 Å². The molecule has 22 heavy (non-hydrogen) atoms. The molecule has 5 nitrogen and oxygen atoms in total. The molecule has 1 aromatic heterocycles. The van der Waals surface area contributed by atoms with Crippen LogP contribution in [0.15, 0.2) is 15.9 Å². The van der Waals surface area contributed by atoms with E-state index >= 15 is 0 Å². The van der Waals surface area contributed by atoms with E-state index in [0.717, 1.165) is 3.79 Å². The number of halogens is 2. The smallest absolute Gasteiger partial charge is 0.435 e. The first-order valence-corrected chi connectivity index (χ1v) is 9.39. The molecule has 3 atom stereocenters. The number of thiophene rings is 1. The van der Waals surface area contributed by atoms with Gasteiger partial charge in [-0.3, -0.25) is 4.79 Å².